The lowest BCUT2D eigenvalue weighted by Crippen LogP contribution is -2.34. The summed E-state index contributed by atoms with van der Waals surface area (Å²) in [6, 6.07) is 7.85. The fourth-order valence-electron chi connectivity index (χ4n) is 3.55. The molecule has 8 heteroatoms. The Hall–Kier alpha value is -2.13. The molecule has 1 aliphatic heterocycles. The largest absolute Gasteiger partial charge is 0.496 e. The minimum absolute atomic E-state index is 0.0487. The van der Waals surface area contributed by atoms with Crippen LogP contribution in [0, 0.1) is 17.2 Å². The molecular weight excluding hydrogens is 353 g/mol. The summed E-state index contributed by atoms with van der Waals surface area (Å²) in [7, 11) is -2.34. The van der Waals surface area contributed by atoms with Gasteiger partial charge in [-0.2, -0.15) is 5.26 Å². The van der Waals surface area contributed by atoms with Crippen molar-refractivity contribution in [2.45, 2.75) is 19.3 Å². The molecule has 2 heterocycles. The Labute approximate surface area is 152 Å². The molecule has 1 fully saturated rings. The van der Waals surface area contributed by atoms with Crippen LogP contribution in [-0.4, -0.2) is 41.1 Å². The quantitative estimate of drug-likeness (QED) is 0.774. The van der Waals surface area contributed by atoms with Gasteiger partial charge in [-0.3, -0.25) is 4.57 Å². The molecule has 0 radical (unpaired) electrons. The zero-order valence-electron chi connectivity index (χ0n) is 14.6. The molecule has 2 aromatic rings. The van der Waals surface area contributed by atoms with E-state index in [-0.39, 0.29) is 6.16 Å². The van der Waals surface area contributed by atoms with Gasteiger partial charge < -0.3 is 19.4 Å². The second kappa shape index (κ2) is 7.63. The van der Waals surface area contributed by atoms with Crippen molar-refractivity contribution in [3.05, 3.63) is 30.0 Å². The van der Waals surface area contributed by atoms with Crippen molar-refractivity contribution in [3.8, 4) is 11.8 Å². The van der Waals surface area contributed by atoms with Crippen LogP contribution in [0.1, 0.15) is 24.8 Å². The first-order valence-electron chi connectivity index (χ1n) is 8.58. The molecule has 3 rings (SSSR count). The normalized spacial score (nSPS) is 15.8. The second-order valence-corrected chi connectivity index (χ2v) is 8.37. The summed E-state index contributed by atoms with van der Waals surface area (Å²) in [5.41, 5.74) is 0.484. The van der Waals surface area contributed by atoms with E-state index in [9.17, 15) is 9.83 Å². The predicted octanol–water partition coefficient (Wildman–Crippen LogP) is 2.90. The number of methoxy groups -OCH3 is 1. The van der Waals surface area contributed by atoms with Gasteiger partial charge >= 0.3 is 7.60 Å². The maximum atomic E-state index is 11.1. The number of ether oxygens (including phenoxy) is 1. The number of anilines is 1. The third kappa shape index (κ3) is 3.99. The number of rotatable bonds is 5. The molecule has 1 saturated heterocycles. The number of fused-ring (bicyclic) bond motifs is 1. The smallest absolute Gasteiger partial charge is 0.325 e. The molecule has 0 atom stereocenters. The first-order valence-corrected chi connectivity index (χ1v) is 10.4. The fourth-order valence-corrected chi connectivity index (χ4v) is 4.25. The molecule has 0 spiro atoms. The molecule has 2 N–H and O–H groups in total. The Bertz CT molecular complexity index is 882. The fraction of sp³-hybridized carbons (Fsp3) is 0.444. The Morgan fingerprint density at radius 1 is 1.38 bits per heavy atom. The van der Waals surface area contributed by atoms with Crippen molar-refractivity contribution < 1.29 is 19.1 Å². The number of nitrogens with zero attached hydrogens (tertiary/aromatic N) is 3. The molecule has 0 aliphatic carbocycles. The number of piperidine rings is 1. The van der Waals surface area contributed by atoms with Crippen LogP contribution in [0.15, 0.2) is 24.4 Å². The number of hydrogen-bond acceptors (Lipinski definition) is 5. The van der Waals surface area contributed by atoms with Gasteiger partial charge in [0.2, 0.25) is 0 Å². The number of hydrogen-bond donors (Lipinski definition) is 2. The van der Waals surface area contributed by atoms with Crippen molar-refractivity contribution in [1.82, 2.24) is 4.98 Å². The van der Waals surface area contributed by atoms with Crippen LogP contribution in [-0.2, 0) is 4.57 Å². The molecule has 0 amide bonds. The van der Waals surface area contributed by atoms with Crippen LogP contribution in [0.5, 0.6) is 5.75 Å². The Balaban J connectivity index is 1.82. The van der Waals surface area contributed by atoms with E-state index < -0.39 is 7.60 Å². The van der Waals surface area contributed by atoms with Crippen molar-refractivity contribution in [3.63, 3.8) is 0 Å². The summed E-state index contributed by atoms with van der Waals surface area (Å²) in [5.74, 6) is 1.80. The molecule has 138 valence electrons. The van der Waals surface area contributed by atoms with Gasteiger partial charge in [0.25, 0.3) is 0 Å². The monoisotopic (exact) mass is 375 g/mol. The number of nitriles is 1. The molecule has 1 aromatic carbocycles. The Kier molecular flexibility index (Phi) is 5.47. The highest BCUT2D eigenvalue weighted by atomic mass is 31.2. The van der Waals surface area contributed by atoms with Crippen molar-refractivity contribution in [1.29, 1.82) is 5.26 Å². The van der Waals surface area contributed by atoms with Gasteiger partial charge in [-0.1, -0.05) is 12.1 Å². The number of pyridine rings is 1. The zero-order chi connectivity index (χ0) is 18.7. The summed E-state index contributed by atoms with van der Waals surface area (Å²) in [5, 5.41) is 11.0. The van der Waals surface area contributed by atoms with Crippen LogP contribution >= 0.6 is 7.60 Å². The van der Waals surface area contributed by atoms with E-state index in [0.717, 1.165) is 42.5 Å². The molecule has 1 aliphatic rings. The van der Waals surface area contributed by atoms with E-state index in [1.165, 1.54) is 0 Å². The van der Waals surface area contributed by atoms with E-state index in [4.69, 9.17) is 14.5 Å². The zero-order valence-corrected chi connectivity index (χ0v) is 15.5. The van der Waals surface area contributed by atoms with E-state index in [2.05, 4.69) is 16.0 Å². The molecule has 0 saturated carbocycles. The highest BCUT2D eigenvalue weighted by Crippen LogP contribution is 2.39. The van der Waals surface area contributed by atoms with Crippen molar-refractivity contribution >= 4 is 24.2 Å². The summed E-state index contributed by atoms with van der Waals surface area (Å²) in [4.78, 5) is 24.8. The van der Waals surface area contributed by atoms with Gasteiger partial charge in [-0.25, -0.2) is 4.98 Å². The molecule has 0 bridgehead atoms. The van der Waals surface area contributed by atoms with Crippen LogP contribution in [0.3, 0.4) is 0 Å². The summed E-state index contributed by atoms with van der Waals surface area (Å²) < 4.78 is 16.5. The van der Waals surface area contributed by atoms with E-state index in [1.54, 1.807) is 13.3 Å². The number of aromatic nitrogens is 1. The minimum atomic E-state index is -3.93. The average Bonchev–Trinajstić information content (AvgIpc) is 2.65. The van der Waals surface area contributed by atoms with Gasteiger partial charge in [0.15, 0.2) is 0 Å². The second-order valence-electron chi connectivity index (χ2n) is 6.60. The summed E-state index contributed by atoms with van der Waals surface area (Å²) in [6.07, 6.45) is 3.82. The minimum Gasteiger partial charge on any atom is -0.496 e. The van der Waals surface area contributed by atoms with Gasteiger partial charge in [0, 0.05) is 30.1 Å². The molecule has 7 nitrogen and oxygen atoms in total. The van der Waals surface area contributed by atoms with Crippen LogP contribution in [0.4, 0.5) is 5.82 Å². The standard InChI is InChI=1S/C18H22N3O4P/c1-25-16-4-2-3-15-17(16)14(11-19)12-20-18(15)21-8-5-13(6-9-21)7-10-26(22,23)24/h2-4,12-13H,5-10H2,1H3,(H2,22,23,24). The van der Waals surface area contributed by atoms with E-state index in [0.29, 0.717) is 23.7 Å². The summed E-state index contributed by atoms with van der Waals surface area (Å²) >= 11 is 0. The lowest BCUT2D eigenvalue weighted by atomic mass is 9.94. The summed E-state index contributed by atoms with van der Waals surface area (Å²) in [6.45, 7) is 1.55. The predicted molar refractivity (Wildman–Crippen MR) is 99.5 cm³/mol. The molecule has 26 heavy (non-hydrogen) atoms. The average molecular weight is 375 g/mol. The number of benzene rings is 1. The van der Waals surface area contributed by atoms with Crippen molar-refractivity contribution in [2.24, 2.45) is 5.92 Å². The highest BCUT2D eigenvalue weighted by Gasteiger charge is 2.25. The molecular formula is C18H22N3O4P. The first kappa shape index (κ1) is 18.7. The SMILES string of the molecule is COc1cccc2c(N3CCC(CCP(=O)(O)O)CC3)ncc(C#N)c12. The van der Waals surface area contributed by atoms with Gasteiger partial charge in [-0.15, -0.1) is 0 Å². The van der Waals surface area contributed by atoms with Gasteiger partial charge in [0.1, 0.15) is 17.6 Å². The van der Waals surface area contributed by atoms with Gasteiger partial charge in [0.05, 0.1) is 18.8 Å². The third-order valence-electron chi connectivity index (χ3n) is 4.94. The first-order chi connectivity index (χ1) is 12.4. The maximum Gasteiger partial charge on any atom is 0.325 e. The lowest BCUT2D eigenvalue weighted by molar-refractivity contribution is 0.350. The Morgan fingerprint density at radius 2 is 2.12 bits per heavy atom. The third-order valence-corrected chi connectivity index (χ3v) is 5.78. The van der Waals surface area contributed by atoms with Gasteiger partial charge in [-0.05, 0) is 31.2 Å². The van der Waals surface area contributed by atoms with Crippen LogP contribution in [0.25, 0.3) is 10.8 Å². The molecule has 1 aromatic heterocycles. The molecule has 0 unspecified atom stereocenters. The maximum absolute atomic E-state index is 11.1. The topological polar surface area (TPSA) is 107 Å². The van der Waals surface area contributed by atoms with Crippen molar-refractivity contribution in [2.75, 3.05) is 31.3 Å². The van der Waals surface area contributed by atoms with Crippen LogP contribution in [0.2, 0.25) is 0 Å². The Morgan fingerprint density at radius 3 is 2.73 bits per heavy atom. The highest BCUT2D eigenvalue weighted by molar-refractivity contribution is 7.51. The van der Waals surface area contributed by atoms with E-state index >= 15 is 0 Å². The van der Waals surface area contributed by atoms with Crippen LogP contribution < -0.4 is 9.64 Å². The van der Waals surface area contributed by atoms with E-state index in [1.807, 2.05) is 18.2 Å². The lowest BCUT2D eigenvalue weighted by Gasteiger charge is -2.33.